The van der Waals surface area contributed by atoms with Crippen LogP contribution in [0.15, 0.2) is 0 Å². The van der Waals surface area contributed by atoms with Gasteiger partial charge in [-0.3, -0.25) is 4.90 Å². The van der Waals surface area contributed by atoms with Gasteiger partial charge in [0.15, 0.2) is 0 Å². The summed E-state index contributed by atoms with van der Waals surface area (Å²) in [4.78, 5) is 2.41. The van der Waals surface area contributed by atoms with Crippen molar-refractivity contribution in [3.8, 4) is 0 Å². The smallest absolute Gasteiger partial charge is 0.148 e. The molecule has 106 valence electrons. The Bertz CT molecular complexity index is 357. The van der Waals surface area contributed by atoms with Crippen molar-refractivity contribution in [1.29, 1.82) is 0 Å². The molecule has 2 rings (SSSR count). The molecule has 4 nitrogen and oxygen atoms in total. The Morgan fingerprint density at radius 1 is 1.17 bits per heavy atom. The Kier molecular flexibility index (Phi) is 4.67. The van der Waals surface area contributed by atoms with Crippen molar-refractivity contribution in [2.45, 2.75) is 57.2 Å². The highest BCUT2D eigenvalue weighted by atomic mass is 32.2. The molecule has 2 unspecified atom stereocenters. The zero-order valence-electron chi connectivity index (χ0n) is 11.6. The van der Waals surface area contributed by atoms with Gasteiger partial charge in [-0.05, 0) is 38.6 Å². The van der Waals surface area contributed by atoms with E-state index in [4.69, 9.17) is 0 Å². The van der Waals surface area contributed by atoms with Crippen LogP contribution in [-0.4, -0.2) is 56.5 Å². The van der Waals surface area contributed by atoms with Gasteiger partial charge in [0, 0.05) is 30.9 Å². The molecule has 2 fully saturated rings. The topological polar surface area (TPSA) is 49.4 Å². The predicted molar refractivity (Wildman–Crippen MR) is 74.5 cm³/mol. The zero-order valence-corrected chi connectivity index (χ0v) is 12.4. The Hall–Kier alpha value is -0.130. The molecule has 0 aliphatic carbocycles. The Balaban J connectivity index is 1.92. The van der Waals surface area contributed by atoms with Crippen LogP contribution in [-0.2, 0) is 9.84 Å². The number of piperidine rings is 1. The molecule has 2 aliphatic rings. The van der Waals surface area contributed by atoms with Gasteiger partial charge in [0.1, 0.15) is 9.84 Å². The minimum atomic E-state index is -2.84. The lowest BCUT2D eigenvalue weighted by Crippen LogP contribution is -2.49. The summed E-state index contributed by atoms with van der Waals surface area (Å²) in [5.74, 6) is 0.298. The van der Waals surface area contributed by atoms with Gasteiger partial charge in [-0.15, -0.1) is 0 Å². The van der Waals surface area contributed by atoms with Crippen molar-refractivity contribution in [2.24, 2.45) is 0 Å². The maximum atomic E-state index is 11.3. The average molecular weight is 274 g/mol. The lowest BCUT2D eigenvalue weighted by molar-refractivity contribution is 0.149. The van der Waals surface area contributed by atoms with Gasteiger partial charge in [0.25, 0.3) is 0 Å². The summed E-state index contributed by atoms with van der Waals surface area (Å²) in [6.45, 7) is 3.90. The minimum absolute atomic E-state index is 0.298. The summed E-state index contributed by atoms with van der Waals surface area (Å²) in [7, 11) is -2.84. The van der Waals surface area contributed by atoms with Gasteiger partial charge in [-0.25, -0.2) is 8.42 Å². The van der Waals surface area contributed by atoms with Gasteiger partial charge < -0.3 is 5.32 Å². The number of hydrogen-bond donors (Lipinski definition) is 1. The van der Waals surface area contributed by atoms with Crippen molar-refractivity contribution in [3.63, 3.8) is 0 Å². The van der Waals surface area contributed by atoms with E-state index in [0.717, 1.165) is 13.0 Å². The molecule has 2 saturated heterocycles. The first-order valence-corrected chi connectivity index (χ1v) is 9.22. The maximum absolute atomic E-state index is 11.3. The van der Waals surface area contributed by atoms with Crippen LogP contribution in [0.4, 0.5) is 0 Å². The monoisotopic (exact) mass is 274 g/mol. The summed E-state index contributed by atoms with van der Waals surface area (Å²) in [5.41, 5.74) is 0. The summed E-state index contributed by atoms with van der Waals surface area (Å²) in [6.07, 6.45) is 7.42. The Morgan fingerprint density at radius 3 is 2.28 bits per heavy atom. The van der Waals surface area contributed by atoms with Crippen LogP contribution >= 0.6 is 0 Å². The number of hydrogen-bond acceptors (Lipinski definition) is 4. The predicted octanol–water partition coefficient (Wildman–Crippen LogP) is 1.03. The molecule has 2 aliphatic heterocycles. The van der Waals surface area contributed by atoms with Crippen LogP contribution < -0.4 is 5.32 Å². The minimum Gasteiger partial charge on any atom is -0.311 e. The van der Waals surface area contributed by atoms with E-state index < -0.39 is 9.84 Å². The molecule has 2 heterocycles. The van der Waals surface area contributed by atoms with Crippen molar-refractivity contribution >= 4 is 9.84 Å². The van der Waals surface area contributed by atoms with Crippen LogP contribution in [0.1, 0.15) is 39.0 Å². The highest BCUT2D eigenvalue weighted by Crippen LogP contribution is 2.29. The van der Waals surface area contributed by atoms with Gasteiger partial charge >= 0.3 is 0 Å². The van der Waals surface area contributed by atoms with Gasteiger partial charge in [0.05, 0.1) is 5.75 Å². The second-order valence-corrected chi connectivity index (χ2v) is 8.19. The molecule has 0 amide bonds. The third-order valence-electron chi connectivity index (χ3n) is 4.22. The first kappa shape index (κ1) is 14.3. The number of rotatable bonds is 6. The number of nitrogens with one attached hydrogen (secondary N) is 1. The molecule has 0 aromatic rings. The van der Waals surface area contributed by atoms with E-state index in [0.29, 0.717) is 30.4 Å². The SMILES string of the molecule is CCCN(CCS(C)(=O)=O)C1CC2CCC(C1)N2. The largest absolute Gasteiger partial charge is 0.311 e. The van der Waals surface area contributed by atoms with E-state index in [1.807, 2.05) is 0 Å². The van der Waals surface area contributed by atoms with E-state index >= 15 is 0 Å². The number of sulfone groups is 1. The summed E-state index contributed by atoms with van der Waals surface area (Å²) in [5, 5.41) is 3.64. The van der Waals surface area contributed by atoms with E-state index in [9.17, 15) is 8.42 Å². The number of fused-ring (bicyclic) bond motifs is 2. The average Bonchev–Trinajstić information content (AvgIpc) is 2.62. The Labute approximate surface area is 111 Å². The van der Waals surface area contributed by atoms with Crippen LogP contribution in [0.3, 0.4) is 0 Å². The van der Waals surface area contributed by atoms with Crippen molar-refractivity contribution in [1.82, 2.24) is 10.2 Å². The molecule has 0 aromatic carbocycles. The third kappa shape index (κ3) is 3.93. The van der Waals surface area contributed by atoms with Crippen molar-refractivity contribution in [2.75, 3.05) is 25.1 Å². The van der Waals surface area contributed by atoms with E-state index in [1.165, 1.54) is 31.9 Å². The van der Waals surface area contributed by atoms with Gasteiger partial charge in [-0.1, -0.05) is 6.92 Å². The zero-order chi connectivity index (χ0) is 13.2. The maximum Gasteiger partial charge on any atom is 0.148 e. The highest BCUT2D eigenvalue weighted by molar-refractivity contribution is 7.90. The molecule has 0 spiro atoms. The van der Waals surface area contributed by atoms with E-state index in [1.54, 1.807) is 0 Å². The molecule has 1 N–H and O–H groups in total. The summed E-state index contributed by atoms with van der Waals surface area (Å²) in [6, 6.07) is 1.93. The normalized spacial score (nSPS) is 32.1. The molecule has 0 aromatic heterocycles. The second kappa shape index (κ2) is 5.88. The number of nitrogens with zero attached hydrogens (tertiary/aromatic N) is 1. The van der Waals surface area contributed by atoms with Crippen LogP contribution in [0.25, 0.3) is 0 Å². The molecule has 2 atom stereocenters. The van der Waals surface area contributed by atoms with Crippen molar-refractivity contribution in [3.05, 3.63) is 0 Å². The van der Waals surface area contributed by atoms with Gasteiger partial charge in [-0.2, -0.15) is 0 Å². The van der Waals surface area contributed by atoms with Crippen molar-refractivity contribution < 1.29 is 8.42 Å². The summed E-state index contributed by atoms with van der Waals surface area (Å²) < 4.78 is 22.6. The van der Waals surface area contributed by atoms with Crippen LogP contribution in [0.2, 0.25) is 0 Å². The fourth-order valence-electron chi connectivity index (χ4n) is 3.37. The molecular formula is C13H26N2O2S. The highest BCUT2D eigenvalue weighted by Gasteiger charge is 2.35. The van der Waals surface area contributed by atoms with Gasteiger partial charge in [0.2, 0.25) is 0 Å². The first-order chi connectivity index (χ1) is 8.48. The molecule has 18 heavy (non-hydrogen) atoms. The summed E-state index contributed by atoms with van der Waals surface area (Å²) >= 11 is 0. The Morgan fingerprint density at radius 2 is 1.78 bits per heavy atom. The fraction of sp³-hybridized carbons (Fsp3) is 1.00. The first-order valence-electron chi connectivity index (χ1n) is 7.15. The molecule has 2 bridgehead atoms. The second-order valence-electron chi connectivity index (χ2n) is 5.93. The lowest BCUT2D eigenvalue weighted by atomic mass is 9.98. The molecular weight excluding hydrogens is 248 g/mol. The molecule has 0 radical (unpaired) electrons. The molecule has 0 saturated carbocycles. The third-order valence-corrected chi connectivity index (χ3v) is 5.15. The van der Waals surface area contributed by atoms with Crippen LogP contribution in [0, 0.1) is 0 Å². The lowest BCUT2D eigenvalue weighted by Gasteiger charge is -2.37. The van der Waals surface area contributed by atoms with E-state index in [-0.39, 0.29) is 0 Å². The quantitative estimate of drug-likeness (QED) is 0.786. The van der Waals surface area contributed by atoms with Crippen LogP contribution in [0.5, 0.6) is 0 Å². The van der Waals surface area contributed by atoms with E-state index in [2.05, 4.69) is 17.1 Å². The molecule has 5 heteroatoms. The fourth-order valence-corrected chi connectivity index (χ4v) is 3.94. The standard InChI is InChI=1S/C13H26N2O2S/c1-3-6-15(7-8-18(2,16)17)13-9-11-4-5-12(10-13)14-11/h11-14H,3-10H2,1-2H3.